The third-order valence-corrected chi connectivity index (χ3v) is 6.13. The van der Waals surface area contributed by atoms with Crippen LogP contribution < -0.4 is 19.6 Å². The van der Waals surface area contributed by atoms with E-state index < -0.39 is 12.6 Å². The van der Waals surface area contributed by atoms with Gasteiger partial charge in [-0.25, -0.2) is 14.2 Å². The van der Waals surface area contributed by atoms with Crippen molar-refractivity contribution >= 4 is 55.3 Å². The molecule has 0 aliphatic heterocycles. The maximum absolute atomic E-state index is 13.1. The topological polar surface area (TPSA) is 90.1 Å². The molecule has 4 rings (SSSR count). The van der Waals surface area contributed by atoms with E-state index in [1.54, 1.807) is 22.6 Å². The highest BCUT2D eigenvalue weighted by molar-refractivity contribution is 9.10. The number of hydrogen-bond donors (Lipinski definition) is 1. The Balaban J connectivity index is 1.84. The summed E-state index contributed by atoms with van der Waals surface area (Å²) in [5, 5.41) is 8.86. The lowest BCUT2D eigenvalue weighted by atomic mass is 10.2. The van der Waals surface area contributed by atoms with Crippen LogP contribution in [0.15, 0.2) is 39.6 Å². The number of benzene rings is 2. The zero-order valence-corrected chi connectivity index (χ0v) is 18.5. The lowest BCUT2D eigenvalue weighted by Gasteiger charge is -2.12. The van der Waals surface area contributed by atoms with Crippen molar-refractivity contribution in [2.75, 3.05) is 13.2 Å². The van der Waals surface area contributed by atoms with Gasteiger partial charge in [-0.1, -0.05) is 39.4 Å². The minimum Gasteiger partial charge on any atom is -0.490 e. The summed E-state index contributed by atoms with van der Waals surface area (Å²) in [5.41, 5.74) is 3.21. The number of aromatic nitrogens is 2. The molecule has 0 amide bonds. The number of imidazole rings is 1. The van der Waals surface area contributed by atoms with Crippen molar-refractivity contribution < 1.29 is 19.4 Å². The Labute approximate surface area is 183 Å². The lowest BCUT2D eigenvalue weighted by Crippen LogP contribution is -2.22. The van der Waals surface area contributed by atoms with E-state index in [2.05, 4.69) is 20.9 Å². The smallest absolute Gasteiger partial charge is 0.341 e. The normalized spacial score (nSPS) is 12.0. The first-order valence-corrected chi connectivity index (χ1v) is 10.7. The Morgan fingerprint density at radius 3 is 2.80 bits per heavy atom. The predicted octanol–water partition coefficient (Wildman–Crippen LogP) is 3.39. The number of ether oxygens (including phenoxy) is 2. The van der Waals surface area contributed by atoms with E-state index in [4.69, 9.17) is 14.6 Å². The molecule has 9 heteroatoms. The molecule has 0 spiro atoms. The van der Waals surface area contributed by atoms with Crippen LogP contribution in [0.4, 0.5) is 0 Å². The van der Waals surface area contributed by atoms with Gasteiger partial charge in [0.25, 0.3) is 5.56 Å². The molecule has 2 heterocycles. The molecule has 0 bridgehead atoms. The first kappa shape index (κ1) is 20.4. The molecule has 0 radical (unpaired) electrons. The number of rotatable bonds is 6. The van der Waals surface area contributed by atoms with E-state index in [1.165, 1.54) is 11.3 Å². The molecule has 30 heavy (non-hydrogen) atoms. The van der Waals surface area contributed by atoms with Gasteiger partial charge in [0.15, 0.2) is 23.1 Å². The fraction of sp³-hybridized carbons (Fsp3) is 0.190. The zero-order valence-electron chi connectivity index (χ0n) is 16.1. The van der Waals surface area contributed by atoms with Crippen LogP contribution in [0, 0.1) is 6.92 Å². The van der Waals surface area contributed by atoms with Crippen LogP contribution >= 0.6 is 27.3 Å². The predicted molar refractivity (Wildman–Crippen MR) is 119 cm³/mol. The summed E-state index contributed by atoms with van der Waals surface area (Å²) < 4.78 is 13.7. The van der Waals surface area contributed by atoms with Crippen LogP contribution in [0.1, 0.15) is 18.1 Å². The summed E-state index contributed by atoms with van der Waals surface area (Å²) in [6.07, 6.45) is 1.76. The van der Waals surface area contributed by atoms with E-state index in [-0.39, 0.29) is 5.56 Å². The largest absolute Gasteiger partial charge is 0.490 e. The first-order chi connectivity index (χ1) is 14.4. The van der Waals surface area contributed by atoms with Crippen LogP contribution in [0.25, 0.3) is 22.1 Å². The highest BCUT2D eigenvalue weighted by Crippen LogP contribution is 2.34. The number of hydrogen-bond acceptors (Lipinski definition) is 6. The lowest BCUT2D eigenvalue weighted by molar-refractivity contribution is -0.139. The van der Waals surface area contributed by atoms with Crippen LogP contribution in [0.3, 0.4) is 0 Å². The molecule has 0 saturated carbocycles. The van der Waals surface area contributed by atoms with Crippen molar-refractivity contribution in [3.63, 3.8) is 0 Å². The minimum absolute atomic E-state index is 0.140. The number of halogens is 1. The molecule has 1 N–H and O–H groups in total. The fourth-order valence-corrected chi connectivity index (χ4v) is 4.56. The Morgan fingerprint density at radius 2 is 2.07 bits per heavy atom. The monoisotopic (exact) mass is 488 g/mol. The SMILES string of the molecule is CCOc1cc(C=c2sc3nc4c(C)cccc4n3c2=O)c(Br)cc1OCC(=O)O. The Hall–Kier alpha value is -2.91. The third-order valence-electron chi connectivity index (χ3n) is 4.47. The minimum atomic E-state index is -1.08. The van der Waals surface area contributed by atoms with Crippen molar-refractivity contribution in [1.82, 2.24) is 9.38 Å². The number of carboxylic acid groups (broad SMARTS) is 1. The van der Waals surface area contributed by atoms with E-state index in [0.717, 1.165) is 16.6 Å². The average molecular weight is 489 g/mol. The van der Waals surface area contributed by atoms with Crippen LogP contribution in [0.5, 0.6) is 11.5 Å². The molecule has 0 atom stereocenters. The van der Waals surface area contributed by atoms with E-state index in [1.807, 2.05) is 32.0 Å². The molecular formula is C21H17BrN2O5S. The maximum atomic E-state index is 13.1. The van der Waals surface area contributed by atoms with Gasteiger partial charge < -0.3 is 14.6 Å². The molecule has 4 aromatic rings. The number of aryl methyl sites for hydroxylation is 1. The number of aliphatic carboxylic acids is 1. The molecule has 0 saturated heterocycles. The third kappa shape index (κ3) is 3.66. The Bertz CT molecular complexity index is 1390. The number of fused-ring (bicyclic) bond motifs is 3. The van der Waals surface area contributed by atoms with Crippen molar-refractivity contribution in [3.05, 3.63) is 60.8 Å². The van der Waals surface area contributed by atoms with E-state index in [9.17, 15) is 9.59 Å². The summed E-state index contributed by atoms with van der Waals surface area (Å²) in [7, 11) is 0. The Kier molecular flexibility index (Phi) is 5.48. The molecular weight excluding hydrogens is 472 g/mol. The van der Waals surface area contributed by atoms with Crippen LogP contribution in [-0.4, -0.2) is 33.7 Å². The van der Waals surface area contributed by atoms with Crippen molar-refractivity contribution in [2.24, 2.45) is 0 Å². The summed E-state index contributed by atoms with van der Waals surface area (Å²) in [5.74, 6) is -0.360. The van der Waals surface area contributed by atoms with Gasteiger partial charge in [0, 0.05) is 4.47 Å². The van der Waals surface area contributed by atoms with Gasteiger partial charge in [0.1, 0.15) is 0 Å². The van der Waals surface area contributed by atoms with Crippen LogP contribution in [-0.2, 0) is 4.79 Å². The molecule has 0 aliphatic rings. The molecule has 7 nitrogen and oxygen atoms in total. The zero-order chi connectivity index (χ0) is 21.4. The quantitative estimate of drug-likeness (QED) is 0.447. The van der Waals surface area contributed by atoms with Gasteiger partial charge >= 0.3 is 5.97 Å². The highest BCUT2D eigenvalue weighted by atomic mass is 79.9. The number of carboxylic acids is 1. The Morgan fingerprint density at radius 1 is 1.30 bits per heavy atom. The number of para-hydroxylation sites is 1. The van der Waals surface area contributed by atoms with E-state index in [0.29, 0.717) is 37.6 Å². The number of thiazole rings is 1. The van der Waals surface area contributed by atoms with Crippen LogP contribution in [0.2, 0.25) is 0 Å². The summed E-state index contributed by atoms with van der Waals surface area (Å²) in [4.78, 5) is 29.1. The number of nitrogens with zero attached hydrogens (tertiary/aromatic N) is 2. The second kappa shape index (κ2) is 8.08. The molecule has 154 valence electrons. The summed E-state index contributed by atoms with van der Waals surface area (Å²) in [6.45, 7) is 3.70. The standard InChI is InChI=1S/C21H17BrN2O5S/c1-3-28-15-7-12(13(22)9-16(15)29-10-18(25)26)8-17-20(27)24-14-6-4-5-11(2)19(14)23-21(24)30-17/h4-9H,3,10H2,1-2H3,(H,25,26). The first-order valence-electron chi connectivity index (χ1n) is 9.12. The molecule has 2 aromatic heterocycles. The molecule has 2 aromatic carbocycles. The van der Waals surface area contributed by atoms with Gasteiger partial charge in [-0.15, -0.1) is 0 Å². The molecule has 0 fully saturated rings. The summed E-state index contributed by atoms with van der Waals surface area (Å²) >= 11 is 4.78. The van der Waals surface area contributed by atoms with Gasteiger partial charge in [0.05, 0.1) is 22.2 Å². The van der Waals surface area contributed by atoms with Crippen molar-refractivity contribution in [1.29, 1.82) is 0 Å². The maximum Gasteiger partial charge on any atom is 0.341 e. The highest BCUT2D eigenvalue weighted by Gasteiger charge is 2.14. The van der Waals surface area contributed by atoms with Crippen molar-refractivity contribution in [2.45, 2.75) is 13.8 Å². The second-order valence-corrected chi connectivity index (χ2v) is 8.39. The van der Waals surface area contributed by atoms with Gasteiger partial charge in [-0.3, -0.25) is 4.79 Å². The van der Waals surface area contributed by atoms with Gasteiger partial charge in [0.2, 0.25) is 0 Å². The summed E-state index contributed by atoms with van der Waals surface area (Å²) in [6, 6.07) is 9.12. The number of carbonyl (C=O) groups is 1. The van der Waals surface area contributed by atoms with Gasteiger partial charge in [-0.2, -0.15) is 0 Å². The molecule has 0 aliphatic carbocycles. The van der Waals surface area contributed by atoms with Crippen molar-refractivity contribution in [3.8, 4) is 11.5 Å². The second-order valence-electron chi connectivity index (χ2n) is 6.52. The molecule has 0 unspecified atom stereocenters. The average Bonchev–Trinajstić information content (AvgIpc) is 3.21. The fourth-order valence-electron chi connectivity index (χ4n) is 3.15. The van der Waals surface area contributed by atoms with E-state index >= 15 is 0 Å². The van der Waals surface area contributed by atoms with Gasteiger partial charge in [-0.05, 0) is 49.2 Å².